The zero-order valence-corrected chi connectivity index (χ0v) is 7.38. The minimum absolute atomic E-state index is 0.475. The predicted octanol–water partition coefficient (Wildman–Crippen LogP) is 1.23. The zero-order valence-electron chi connectivity index (χ0n) is 7.38. The minimum atomic E-state index is 0.475. The van der Waals surface area contributed by atoms with Crippen molar-refractivity contribution in [2.75, 3.05) is 13.1 Å². The summed E-state index contributed by atoms with van der Waals surface area (Å²) in [6.45, 7) is 4.60. The van der Waals surface area contributed by atoms with Crippen LogP contribution in [-0.4, -0.2) is 18.1 Å². The van der Waals surface area contributed by atoms with Crippen molar-refractivity contribution >= 4 is 0 Å². The fourth-order valence-electron chi connectivity index (χ4n) is 1.67. The molecule has 0 atom stereocenters. The van der Waals surface area contributed by atoms with E-state index in [0.29, 0.717) is 5.41 Å². The molecular weight excluding hydrogens is 148 g/mol. The summed E-state index contributed by atoms with van der Waals surface area (Å²) in [4.78, 5) is 4.11. The van der Waals surface area contributed by atoms with Gasteiger partial charge in [-0.05, 0) is 23.5 Å². The summed E-state index contributed by atoms with van der Waals surface area (Å²) in [6, 6.07) is 4.15. The van der Waals surface area contributed by atoms with Crippen molar-refractivity contribution in [1.82, 2.24) is 10.3 Å². The number of nitrogens with one attached hydrogen (secondary N) is 1. The monoisotopic (exact) mass is 162 g/mol. The topological polar surface area (TPSA) is 24.9 Å². The van der Waals surface area contributed by atoms with Gasteiger partial charge in [-0.2, -0.15) is 0 Å². The van der Waals surface area contributed by atoms with Gasteiger partial charge in [-0.15, -0.1) is 0 Å². The first kappa shape index (κ1) is 7.74. The third kappa shape index (κ3) is 1.48. The van der Waals surface area contributed by atoms with Crippen LogP contribution in [-0.2, 0) is 6.42 Å². The number of hydrogen-bond donors (Lipinski definition) is 1. The van der Waals surface area contributed by atoms with Gasteiger partial charge in [0.25, 0.3) is 0 Å². The first-order valence-corrected chi connectivity index (χ1v) is 4.38. The summed E-state index contributed by atoms with van der Waals surface area (Å²) < 4.78 is 0. The van der Waals surface area contributed by atoms with Gasteiger partial charge in [-0.1, -0.05) is 13.0 Å². The van der Waals surface area contributed by atoms with E-state index < -0.39 is 0 Å². The van der Waals surface area contributed by atoms with Gasteiger partial charge in [0.05, 0.1) is 0 Å². The number of hydrogen-bond acceptors (Lipinski definition) is 2. The van der Waals surface area contributed by atoms with Gasteiger partial charge in [0.15, 0.2) is 0 Å². The van der Waals surface area contributed by atoms with Crippen LogP contribution in [0.25, 0.3) is 0 Å². The van der Waals surface area contributed by atoms with Crippen molar-refractivity contribution < 1.29 is 0 Å². The molecule has 1 aliphatic rings. The molecule has 1 aromatic rings. The molecule has 0 aliphatic carbocycles. The van der Waals surface area contributed by atoms with Crippen molar-refractivity contribution in [3.8, 4) is 0 Å². The summed E-state index contributed by atoms with van der Waals surface area (Å²) in [6.07, 6.45) is 4.93. The second kappa shape index (κ2) is 2.87. The first-order valence-electron chi connectivity index (χ1n) is 4.38. The third-order valence-corrected chi connectivity index (χ3v) is 2.46. The highest BCUT2D eigenvalue weighted by Gasteiger charge is 2.31. The largest absolute Gasteiger partial charge is 0.316 e. The van der Waals surface area contributed by atoms with Crippen LogP contribution < -0.4 is 5.32 Å². The standard InChI is InChI=1S/C10H14N2/c1-10(7-12-8-10)5-9-3-2-4-11-6-9/h2-4,6,12H,5,7-8H2,1H3. The highest BCUT2D eigenvalue weighted by atomic mass is 15.0. The Hall–Kier alpha value is -0.890. The summed E-state index contributed by atoms with van der Waals surface area (Å²) in [5.74, 6) is 0. The average molecular weight is 162 g/mol. The molecule has 0 spiro atoms. The molecule has 1 N–H and O–H groups in total. The number of pyridine rings is 1. The van der Waals surface area contributed by atoms with Crippen LogP contribution in [0.3, 0.4) is 0 Å². The van der Waals surface area contributed by atoms with Crippen LogP contribution in [0.1, 0.15) is 12.5 Å². The summed E-state index contributed by atoms with van der Waals surface area (Å²) in [5, 5.41) is 3.30. The van der Waals surface area contributed by atoms with E-state index in [2.05, 4.69) is 23.3 Å². The molecule has 2 rings (SSSR count). The lowest BCUT2D eigenvalue weighted by Gasteiger charge is -2.39. The molecule has 1 aliphatic heterocycles. The quantitative estimate of drug-likeness (QED) is 0.707. The lowest BCUT2D eigenvalue weighted by molar-refractivity contribution is 0.195. The van der Waals surface area contributed by atoms with Crippen LogP contribution in [0.15, 0.2) is 24.5 Å². The van der Waals surface area contributed by atoms with Gasteiger partial charge in [-0.3, -0.25) is 4.98 Å². The van der Waals surface area contributed by atoms with Crippen LogP contribution in [0.5, 0.6) is 0 Å². The molecule has 0 unspecified atom stereocenters. The maximum absolute atomic E-state index is 4.11. The molecule has 2 heteroatoms. The van der Waals surface area contributed by atoms with E-state index in [1.165, 1.54) is 5.56 Å². The number of nitrogens with zero attached hydrogens (tertiary/aromatic N) is 1. The Morgan fingerprint density at radius 2 is 2.42 bits per heavy atom. The number of rotatable bonds is 2. The first-order chi connectivity index (χ1) is 5.79. The Morgan fingerprint density at radius 3 is 2.92 bits per heavy atom. The summed E-state index contributed by atoms with van der Waals surface area (Å²) >= 11 is 0. The van der Waals surface area contributed by atoms with Crippen molar-refractivity contribution in [2.45, 2.75) is 13.3 Å². The lowest BCUT2D eigenvalue weighted by Crippen LogP contribution is -2.52. The molecule has 0 aromatic carbocycles. The number of aromatic nitrogens is 1. The van der Waals surface area contributed by atoms with Crippen molar-refractivity contribution in [3.63, 3.8) is 0 Å². The Bertz CT molecular complexity index is 252. The molecule has 1 aromatic heterocycles. The Balaban J connectivity index is 2.04. The van der Waals surface area contributed by atoms with Crippen molar-refractivity contribution in [1.29, 1.82) is 0 Å². The van der Waals surface area contributed by atoms with Crippen LogP contribution in [0, 0.1) is 5.41 Å². The zero-order chi connectivity index (χ0) is 8.44. The van der Waals surface area contributed by atoms with E-state index in [1.54, 1.807) is 0 Å². The fourth-order valence-corrected chi connectivity index (χ4v) is 1.67. The van der Waals surface area contributed by atoms with Crippen molar-refractivity contribution in [2.24, 2.45) is 5.41 Å². The van der Waals surface area contributed by atoms with E-state index in [1.807, 2.05) is 18.5 Å². The molecule has 0 bridgehead atoms. The second-order valence-electron chi connectivity index (χ2n) is 3.95. The van der Waals surface area contributed by atoms with E-state index in [9.17, 15) is 0 Å². The van der Waals surface area contributed by atoms with Gasteiger partial charge >= 0.3 is 0 Å². The molecule has 0 radical (unpaired) electrons. The summed E-state index contributed by atoms with van der Waals surface area (Å²) in [7, 11) is 0. The molecular formula is C10H14N2. The predicted molar refractivity (Wildman–Crippen MR) is 48.9 cm³/mol. The summed E-state index contributed by atoms with van der Waals surface area (Å²) in [5.41, 5.74) is 1.82. The van der Waals surface area contributed by atoms with Gasteiger partial charge in [0.2, 0.25) is 0 Å². The highest BCUT2D eigenvalue weighted by molar-refractivity contribution is 5.12. The van der Waals surface area contributed by atoms with Crippen LogP contribution in [0.2, 0.25) is 0 Å². The molecule has 1 saturated heterocycles. The van der Waals surface area contributed by atoms with Gasteiger partial charge < -0.3 is 5.32 Å². The maximum Gasteiger partial charge on any atom is 0.0300 e. The smallest absolute Gasteiger partial charge is 0.0300 e. The Morgan fingerprint density at radius 1 is 1.58 bits per heavy atom. The van der Waals surface area contributed by atoms with E-state index in [0.717, 1.165) is 19.5 Å². The van der Waals surface area contributed by atoms with Crippen molar-refractivity contribution in [3.05, 3.63) is 30.1 Å². The molecule has 2 heterocycles. The molecule has 64 valence electrons. The van der Waals surface area contributed by atoms with Crippen LogP contribution >= 0.6 is 0 Å². The molecule has 2 nitrogen and oxygen atoms in total. The van der Waals surface area contributed by atoms with Gasteiger partial charge in [0, 0.05) is 25.5 Å². The Labute approximate surface area is 73.0 Å². The molecule has 0 amide bonds. The highest BCUT2D eigenvalue weighted by Crippen LogP contribution is 2.25. The average Bonchev–Trinajstić information content (AvgIpc) is 2.04. The normalized spacial score (nSPS) is 20.1. The van der Waals surface area contributed by atoms with E-state index >= 15 is 0 Å². The van der Waals surface area contributed by atoms with Gasteiger partial charge in [0.1, 0.15) is 0 Å². The molecule has 12 heavy (non-hydrogen) atoms. The van der Waals surface area contributed by atoms with Gasteiger partial charge in [-0.25, -0.2) is 0 Å². The SMILES string of the molecule is CC1(Cc2cccnc2)CNC1. The fraction of sp³-hybridized carbons (Fsp3) is 0.500. The van der Waals surface area contributed by atoms with E-state index in [-0.39, 0.29) is 0 Å². The Kier molecular flexibility index (Phi) is 1.85. The van der Waals surface area contributed by atoms with E-state index in [4.69, 9.17) is 0 Å². The third-order valence-electron chi connectivity index (χ3n) is 2.46. The second-order valence-corrected chi connectivity index (χ2v) is 3.95. The van der Waals surface area contributed by atoms with Crippen LogP contribution in [0.4, 0.5) is 0 Å². The molecule has 0 saturated carbocycles. The minimum Gasteiger partial charge on any atom is -0.316 e. The molecule has 1 fully saturated rings. The lowest BCUT2D eigenvalue weighted by atomic mass is 9.79. The maximum atomic E-state index is 4.11.